The lowest BCUT2D eigenvalue weighted by Crippen LogP contribution is -2.36. The van der Waals surface area contributed by atoms with Crippen molar-refractivity contribution in [2.45, 2.75) is 50.2 Å². The molecular weight excluding hydrogens is 228 g/mol. The maximum Gasteiger partial charge on any atom is 0.321 e. The molecule has 1 saturated heterocycles. The Morgan fingerprint density at radius 1 is 1.56 bits per heavy atom. The van der Waals surface area contributed by atoms with Crippen molar-refractivity contribution >= 4 is 16.8 Å². The van der Waals surface area contributed by atoms with Gasteiger partial charge in [0.15, 0.2) is 0 Å². The van der Waals surface area contributed by atoms with Crippen molar-refractivity contribution in [1.29, 1.82) is 0 Å². The zero-order valence-electron chi connectivity index (χ0n) is 10.1. The van der Waals surface area contributed by atoms with Crippen molar-refractivity contribution in [3.63, 3.8) is 0 Å². The maximum absolute atomic E-state index is 12.2. The van der Waals surface area contributed by atoms with Crippen molar-refractivity contribution in [2.75, 3.05) is 13.2 Å². The minimum absolute atomic E-state index is 0.0238. The Hall–Kier alpha value is -0.420. The van der Waals surface area contributed by atoms with Gasteiger partial charge in [-0.3, -0.25) is 9.00 Å². The minimum atomic E-state index is -1.19. The Morgan fingerprint density at radius 3 is 2.69 bits per heavy atom. The third-order valence-corrected chi connectivity index (χ3v) is 5.11. The third kappa shape index (κ3) is 3.04. The predicted molar refractivity (Wildman–Crippen MR) is 62.7 cm³/mol. The third-order valence-electron chi connectivity index (χ3n) is 2.81. The SMILES string of the molecule is CCOC(=O)C(CC)S(=O)C1CCOC1C. The van der Waals surface area contributed by atoms with Gasteiger partial charge in [-0.2, -0.15) is 0 Å². The molecule has 0 aromatic rings. The van der Waals surface area contributed by atoms with Crippen LogP contribution in [-0.4, -0.2) is 40.0 Å². The van der Waals surface area contributed by atoms with Crippen LogP contribution in [0.2, 0.25) is 0 Å². The van der Waals surface area contributed by atoms with Gasteiger partial charge in [0.05, 0.1) is 18.0 Å². The highest BCUT2D eigenvalue weighted by atomic mass is 32.2. The number of carbonyl (C=O) groups is 1. The van der Waals surface area contributed by atoms with Gasteiger partial charge in [0.2, 0.25) is 0 Å². The molecule has 4 nitrogen and oxygen atoms in total. The van der Waals surface area contributed by atoms with E-state index in [0.717, 1.165) is 6.42 Å². The van der Waals surface area contributed by atoms with Crippen LogP contribution in [0.1, 0.15) is 33.6 Å². The molecule has 4 atom stereocenters. The molecule has 0 aromatic carbocycles. The molecule has 0 bridgehead atoms. The number of carbonyl (C=O) groups excluding carboxylic acids is 1. The highest BCUT2D eigenvalue weighted by Crippen LogP contribution is 2.22. The molecule has 4 unspecified atom stereocenters. The van der Waals surface area contributed by atoms with E-state index in [2.05, 4.69) is 0 Å². The van der Waals surface area contributed by atoms with E-state index in [-0.39, 0.29) is 17.3 Å². The molecule has 1 rings (SSSR count). The summed E-state index contributed by atoms with van der Waals surface area (Å²) in [4.78, 5) is 11.6. The minimum Gasteiger partial charge on any atom is -0.465 e. The van der Waals surface area contributed by atoms with Gasteiger partial charge in [0.25, 0.3) is 0 Å². The van der Waals surface area contributed by atoms with Crippen LogP contribution < -0.4 is 0 Å². The maximum atomic E-state index is 12.2. The van der Waals surface area contributed by atoms with Gasteiger partial charge in [0.1, 0.15) is 5.25 Å². The Morgan fingerprint density at radius 2 is 2.25 bits per heavy atom. The molecule has 16 heavy (non-hydrogen) atoms. The highest BCUT2D eigenvalue weighted by molar-refractivity contribution is 7.87. The van der Waals surface area contributed by atoms with E-state index in [0.29, 0.717) is 19.6 Å². The largest absolute Gasteiger partial charge is 0.465 e. The van der Waals surface area contributed by atoms with Crippen LogP contribution in [0.3, 0.4) is 0 Å². The predicted octanol–water partition coefficient (Wildman–Crippen LogP) is 1.25. The fraction of sp³-hybridized carbons (Fsp3) is 0.909. The van der Waals surface area contributed by atoms with Gasteiger partial charge >= 0.3 is 5.97 Å². The van der Waals surface area contributed by atoms with E-state index in [9.17, 15) is 9.00 Å². The summed E-state index contributed by atoms with van der Waals surface area (Å²) in [6.07, 6.45) is 1.29. The fourth-order valence-electron chi connectivity index (χ4n) is 1.89. The Labute approximate surface area is 99.1 Å². The number of hydrogen-bond acceptors (Lipinski definition) is 4. The lowest BCUT2D eigenvalue weighted by Gasteiger charge is -2.19. The second-order valence-electron chi connectivity index (χ2n) is 3.88. The monoisotopic (exact) mass is 248 g/mol. The van der Waals surface area contributed by atoms with E-state index >= 15 is 0 Å². The summed E-state index contributed by atoms with van der Waals surface area (Å²) in [6.45, 7) is 6.50. The zero-order valence-corrected chi connectivity index (χ0v) is 10.9. The number of esters is 1. The normalized spacial score (nSPS) is 28.7. The molecule has 0 amide bonds. The molecule has 1 aliphatic rings. The number of hydrogen-bond donors (Lipinski definition) is 0. The van der Waals surface area contributed by atoms with Crippen LogP contribution >= 0.6 is 0 Å². The summed E-state index contributed by atoms with van der Waals surface area (Å²) in [7, 11) is -1.19. The summed E-state index contributed by atoms with van der Waals surface area (Å²) in [6, 6.07) is 0. The van der Waals surface area contributed by atoms with Crippen molar-refractivity contribution < 1.29 is 18.5 Å². The summed E-state index contributed by atoms with van der Waals surface area (Å²) in [5, 5.41) is -0.538. The first-order valence-electron chi connectivity index (χ1n) is 5.79. The summed E-state index contributed by atoms with van der Waals surface area (Å²) in [5.74, 6) is -0.345. The van der Waals surface area contributed by atoms with E-state index in [1.165, 1.54) is 0 Å². The first-order chi connectivity index (χ1) is 7.61. The van der Waals surface area contributed by atoms with Gasteiger partial charge in [-0.15, -0.1) is 0 Å². The van der Waals surface area contributed by atoms with Crippen LogP contribution in [-0.2, 0) is 25.1 Å². The van der Waals surface area contributed by atoms with Gasteiger partial charge in [-0.1, -0.05) is 6.92 Å². The molecule has 1 aliphatic heterocycles. The molecule has 0 aromatic heterocycles. The smallest absolute Gasteiger partial charge is 0.321 e. The number of rotatable bonds is 5. The summed E-state index contributed by atoms with van der Waals surface area (Å²) in [5.41, 5.74) is 0. The molecule has 5 heteroatoms. The average Bonchev–Trinajstić information content (AvgIpc) is 2.65. The van der Waals surface area contributed by atoms with E-state index in [1.807, 2.05) is 13.8 Å². The van der Waals surface area contributed by atoms with Crippen molar-refractivity contribution in [3.8, 4) is 0 Å². The Kier molecular flexibility index (Phi) is 5.41. The van der Waals surface area contributed by atoms with Crippen LogP contribution in [0.15, 0.2) is 0 Å². The topological polar surface area (TPSA) is 52.6 Å². The van der Waals surface area contributed by atoms with Gasteiger partial charge in [0, 0.05) is 17.4 Å². The van der Waals surface area contributed by atoms with Crippen LogP contribution in [0.25, 0.3) is 0 Å². The second-order valence-corrected chi connectivity index (χ2v) is 5.71. The molecule has 0 spiro atoms. The van der Waals surface area contributed by atoms with E-state index in [4.69, 9.17) is 9.47 Å². The lowest BCUT2D eigenvalue weighted by atomic mass is 10.2. The van der Waals surface area contributed by atoms with Crippen LogP contribution in [0.4, 0.5) is 0 Å². The van der Waals surface area contributed by atoms with Gasteiger partial charge in [-0.25, -0.2) is 0 Å². The molecular formula is C11H20O4S. The molecule has 0 N–H and O–H groups in total. The average molecular weight is 248 g/mol. The second kappa shape index (κ2) is 6.35. The molecule has 94 valence electrons. The highest BCUT2D eigenvalue weighted by Gasteiger charge is 2.36. The van der Waals surface area contributed by atoms with Crippen molar-refractivity contribution in [3.05, 3.63) is 0 Å². The van der Waals surface area contributed by atoms with Crippen molar-refractivity contribution in [2.24, 2.45) is 0 Å². The Bertz CT molecular complexity index is 267. The lowest BCUT2D eigenvalue weighted by molar-refractivity contribution is -0.142. The summed E-state index contributed by atoms with van der Waals surface area (Å²) >= 11 is 0. The first kappa shape index (κ1) is 13.6. The van der Waals surface area contributed by atoms with Gasteiger partial charge in [-0.05, 0) is 26.7 Å². The first-order valence-corrected chi connectivity index (χ1v) is 7.07. The van der Waals surface area contributed by atoms with E-state index < -0.39 is 16.0 Å². The molecule has 1 heterocycles. The zero-order chi connectivity index (χ0) is 12.1. The molecule has 0 saturated carbocycles. The molecule has 1 fully saturated rings. The standard InChI is InChI=1S/C11H20O4S/c1-4-9(11(12)14-5-2)16(13)10-6-7-15-8(10)3/h8-10H,4-7H2,1-3H3. The number of ether oxygens (including phenoxy) is 2. The fourth-order valence-corrected chi connectivity index (χ4v) is 3.68. The summed E-state index contributed by atoms with van der Waals surface area (Å²) < 4.78 is 22.5. The van der Waals surface area contributed by atoms with Crippen LogP contribution in [0.5, 0.6) is 0 Å². The van der Waals surface area contributed by atoms with Gasteiger partial charge < -0.3 is 9.47 Å². The van der Waals surface area contributed by atoms with Crippen molar-refractivity contribution in [1.82, 2.24) is 0 Å². The Balaban J connectivity index is 2.65. The van der Waals surface area contributed by atoms with E-state index in [1.54, 1.807) is 6.92 Å². The quantitative estimate of drug-likeness (QED) is 0.687. The van der Waals surface area contributed by atoms with Crippen LogP contribution in [0, 0.1) is 0 Å². The molecule has 0 radical (unpaired) electrons. The molecule has 0 aliphatic carbocycles.